The van der Waals surface area contributed by atoms with E-state index in [1.54, 1.807) is 6.20 Å². The number of fused-ring (bicyclic) bond motifs is 1. The zero-order valence-corrected chi connectivity index (χ0v) is 13.5. The van der Waals surface area contributed by atoms with Crippen molar-refractivity contribution >= 4 is 28.9 Å². The van der Waals surface area contributed by atoms with Gasteiger partial charge in [0.2, 0.25) is 0 Å². The third-order valence-corrected chi connectivity index (χ3v) is 5.08. The number of carboxylic acids is 1. The summed E-state index contributed by atoms with van der Waals surface area (Å²) < 4.78 is 2.15. The highest BCUT2D eigenvalue weighted by Gasteiger charge is 2.31. The molecule has 0 aliphatic carbocycles. The van der Waals surface area contributed by atoms with Crippen LogP contribution in [-0.2, 0) is 10.3 Å². The predicted octanol–water partition coefficient (Wildman–Crippen LogP) is 3.53. The molecule has 0 bridgehead atoms. The Kier molecular flexibility index (Phi) is 4.88. The first kappa shape index (κ1) is 15.8. The Hall–Kier alpha value is -1.56. The van der Waals surface area contributed by atoms with Crippen LogP contribution in [0.3, 0.4) is 0 Å². The third-order valence-electron chi connectivity index (χ3n) is 4.16. The number of pyridine rings is 1. The molecular formula is C15H21N3O2S. The maximum Gasteiger partial charge on any atom is 0.313 e. The van der Waals surface area contributed by atoms with E-state index in [-0.39, 0.29) is 11.3 Å². The molecule has 0 saturated heterocycles. The molecule has 0 radical (unpaired) electrons. The molecule has 0 aliphatic heterocycles. The van der Waals surface area contributed by atoms with Gasteiger partial charge in [0.1, 0.15) is 5.52 Å². The van der Waals surface area contributed by atoms with Gasteiger partial charge in [-0.1, -0.05) is 32.5 Å². The minimum atomic E-state index is -0.832. The predicted molar refractivity (Wildman–Crippen MR) is 84.7 cm³/mol. The Balaban J connectivity index is 2.61. The normalized spacial score (nSPS) is 12.0. The second-order valence-corrected chi connectivity index (χ2v) is 5.99. The lowest BCUT2D eigenvalue weighted by atomic mass is 9.89. The summed E-state index contributed by atoms with van der Waals surface area (Å²) in [7, 11) is 0. The van der Waals surface area contributed by atoms with Crippen LogP contribution in [0.15, 0.2) is 23.5 Å². The molecule has 0 aliphatic rings. The fourth-order valence-electron chi connectivity index (χ4n) is 2.77. The lowest BCUT2D eigenvalue weighted by Crippen LogP contribution is -2.32. The van der Waals surface area contributed by atoms with Crippen molar-refractivity contribution < 1.29 is 9.90 Å². The van der Waals surface area contributed by atoms with Gasteiger partial charge in [0.05, 0.1) is 5.75 Å². The van der Waals surface area contributed by atoms with Crippen molar-refractivity contribution in [2.75, 3.05) is 5.75 Å². The Morgan fingerprint density at radius 3 is 2.57 bits per heavy atom. The highest BCUT2D eigenvalue weighted by atomic mass is 32.2. The molecule has 0 amide bonds. The minimum Gasteiger partial charge on any atom is -0.481 e. The number of imidazole rings is 1. The van der Waals surface area contributed by atoms with Crippen LogP contribution < -0.4 is 0 Å². The molecular weight excluding hydrogens is 286 g/mol. The van der Waals surface area contributed by atoms with E-state index in [0.29, 0.717) is 0 Å². The zero-order valence-electron chi connectivity index (χ0n) is 12.7. The van der Waals surface area contributed by atoms with Crippen molar-refractivity contribution in [1.82, 2.24) is 14.5 Å². The molecule has 21 heavy (non-hydrogen) atoms. The summed E-state index contributed by atoms with van der Waals surface area (Å²) in [6.45, 7) is 6.48. The molecule has 0 spiro atoms. The molecule has 5 nitrogen and oxygen atoms in total. The summed E-state index contributed by atoms with van der Waals surface area (Å²) in [5, 5.41) is 9.69. The van der Waals surface area contributed by atoms with E-state index in [0.717, 1.165) is 35.6 Å². The van der Waals surface area contributed by atoms with E-state index in [9.17, 15) is 4.79 Å². The Bertz CT molecular complexity index is 627. The molecule has 0 atom stereocenters. The molecule has 114 valence electrons. The summed E-state index contributed by atoms with van der Waals surface area (Å²) in [5.74, 6) is -0.821. The molecule has 2 heterocycles. The topological polar surface area (TPSA) is 68.0 Å². The van der Waals surface area contributed by atoms with Crippen molar-refractivity contribution in [1.29, 1.82) is 0 Å². The number of aliphatic carboxylic acids is 1. The van der Waals surface area contributed by atoms with Gasteiger partial charge in [0.15, 0.2) is 10.8 Å². The van der Waals surface area contributed by atoms with E-state index in [1.807, 2.05) is 12.1 Å². The average Bonchev–Trinajstić information content (AvgIpc) is 2.87. The van der Waals surface area contributed by atoms with Gasteiger partial charge in [-0.05, 0) is 31.4 Å². The van der Waals surface area contributed by atoms with E-state index in [2.05, 4.69) is 35.3 Å². The summed E-state index contributed by atoms with van der Waals surface area (Å²) >= 11 is 1.27. The average molecular weight is 307 g/mol. The van der Waals surface area contributed by atoms with Gasteiger partial charge in [0.25, 0.3) is 0 Å². The molecule has 0 fully saturated rings. The van der Waals surface area contributed by atoms with Crippen LogP contribution in [0, 0.1) is 0 Å². The van der Waals surface area contributed by atoms with Gasteiger partial charge >= 0.3 is 5.97 Å². The van der Waals surface area contributed by atoms with Crippen LogP contribution in [0.25, 0.3) is 11.2 Å². The first-order valence-corrected chi connectivity index (χ1v) is 8.25. The molecule has 0 saturated carbocycles. The monoisotopic (exact) mass is 307 g/mol. The number of aromatic nitrogens is 3. The number of hydrogen-bond donors (Lipinski definition) is 1. The summed E-state index contributed by atoms with van der Waals surface area (Å²) in [5.41, 5.74) is 1.60. The number of rotatable bonds is 7. The van der Waals surface area contributed by atoms with Gasteiger partial charge in [-0.25, -0.2) is 9.97 Å². The van der Waals surface area contributed by atoms with E-state index in [4.69, 9.17) is 5.11 Å². The number of hydrogen-bond acceptors (Lipinski definition) is 4. The van der Waals surface area contributed by atoms with Crippen LogP contribution in [0.2, 0.25) is 0 Å². The Labute approximate surface area is 128 Å². The molecule has 0 aromatic carbocycles. The fourth-order valence-corrected chi connectivity index (χ4v) is 3.59. The molecule has 0 unspecified atom stereocenters. The van der Waals surface area contributed by atoms with Crippen LogP contribution in [0.1, 0.15) is 40.0 Å². The largest absolute Gasteiger partial charge is 0.481 e. The number of nitrogens with zero attached hydrogens (tertiary/aromatic N) is 3. The summed E-state index contributed by atoms with van der Waals surface area (Å²) in [6.07, 6.45) is 4.64. The molecule has 2 rings (SSSR count). The standard InChI is InChI=1S/C15H21N3O2S/c1-4-15(5-2,6-3)18-13-11(8-7-9-16-13)17-14(18)21-10-12(19)20/h7-9H,4-6,10H2,1-3H3,(H,19,20). The second kappa shape index (κ2) is 6.47. The molecule has 2 aromatic rings. The SMILES string of the molecule is CCC(CC)(CC)n1c(SCC(=O)O)nc2cccnc21. The third kappa shape index (κ3) is 2.90. The van der Waals surface area contributed by atoms with Gasteiger partial charge in [-0.15, -0.1) is 0 Å². The van der Waals surface area contributed by atoms with Gasteiger partial charge in [-0.3, -0.25) is 9.36 Å². The molecule has 6 heteroatoms. The van der Waals surface area contributed by atoms with Crippen molar-refractivity contribution in [2.24, 2.45) is 0 Å². The summed E-state index contributed by atoms with van der Waals surface area (Å²) in [4.78, 5) is 20.0. The summed E-state index contributed by atoms with van der Waals surface area (Å²) in [6, 6.07) is 3.78. The van der Waals surface area contributed by atoms with Crippen LogP contribution >= 0.6 is 11.8 Å². The van der Waals surface area contributed by atoms with Gasteiger partial charge in [0, 0.05) is 11.7 Å². The number of carbonyl (C=O) groups is 1. The second-order valence-electron chi connectivity index (χ2n) is 5.04. The number of carboxylic acid groups (broad SMARTS) is 1. The highest BCUT2D eigenvalue weighted by molar-refractivity contribution is 7.99. The maximum absolute atomic E-state index is 10.9. The molecule has 2 aromatic heterocycles. The Morgan fingerprint density at radius 2 is 2.00 bits per heavy atom. The lowest BCUT2D eigenvalue weighted by Gasteiger charge is -2.33. The number of thioether (sulfide) groups is 1. The quantitative estimate of drug-likeness (QED) is 0.792. The van der Waals surface area contributed by atoms with Crippen LogP contribution in [0.5, 0.6) is 0 Å². The highest BCUT2D eigenvalue weighted by Crippen LogP contribution is 2.36. The van der Waals surface area contributed by atoms with Crippen molar-refractivity contribution in [3.8, 4) is 0 Å². The first-order chi connectivity index (χ1) is 10.1. The zero-order chi connectivity index (χ0) is 15.5. The fraction of sp³-hybridized carbons (Fsp3) is 0.533. The van der Waals surface area contributed by atoms with Crippen LogP contribution in [-0.4, -0.2) is 31.4 Å². The molecule has 1 N–H and O–H groups in total. The first-order valence-electron chi connectivity index (χ1n) is 7.26. The van der Waals surface area contributed by atoms with Crippen LogP contribution in [0.4, 0.5) is 0 Å². The Morgan fingerprint density at radius 1 is 1.33 bits per heavy atom. The lowest BCUT2D eigenvalue weighted by molar-refractivity contribution is -0.133. The van der Waals surface area contributed by atoms with E-state index >= 15 is 0 Å². The van der Waals surface area contributed by atoms with Gasteiger partial charge < -0.3 is 5.11 Å². The van der Waals surface area contributed by atoms with Crippen molar-refractivity contribution in [3.63, 3.8) is 0 Å². The van der Waals surface area contributed by atoms with Crippen molar-refractivity contribution in [3.05, 3.63) is 18.3 Å². The maximum atomic E-state index is 10.9. The smallest absolute Gasteiger partial charge is 0.313 e. The minimum absolute atomic E-state index is 0.0105. The van der Waals surface area contributed by atoms with E-state index in [1.165, 1.54) is 11.8 Å². The van der Waals surface area contributed by atoms with Gasteiger partial charge in [-0.2, -0.15) is 0 Å². The van der Waals surface area contributed by atoms with E-state index < -0.39 is 5.97 Å². The van der Waals surface area contributed by atoms with Crippen molar-refractivity contribution in [2.45, 2.75) is 50.7 Å².